The van der Waals surface area contributed by atoms with E-state index < -0.39 is 15.9 Å². The second-order valence-electron chi connectivity index (χ2n) is 5.36. The molecule has 0 bridgehead atoms. The number of phenols is 1. The molecule has 0 aliphatic rings. The van der Waals surface area contributed by atoms with Crippen LogP contribution < -0.4 is 10.0 Å². The van der Waals surface area contributed by atoms with Gasteiger partial charge in [0, 0.05) is 10.2 Å². The molecule has 0 spiro atoms. The Kier molecular flexibility index (Phi) is 5.51. The van der Waals surface area contributed by atoms with Crippen molar-refractivity contribution in [2.75, 3.05) is 11.0 Å². The molecule has 0 aliphatic carbocycles. The van der Waals surface area contributed by atoms with Crippen molar-refractivity contribution >= 4 is 37.5 Å². The van der Waals surface area contributed by atoms with Crippen LogP contribution in [0.5, 0.6) is 5.75 Å². The number of hydrogen-bond donors (Lipinski definition) is 3. The van der Waals surface area contributed by atoms with Crippen LogP contribution in [0.1, 0.15) is 28.9 Å². The average Bonchev–Trinajstić information content (AvgIpc) is 2.48. The molecule has 0 aromatic heterocycles. The number of nitrogens with one attached hydrogen (secondary N) is 2. The smallest absolute Gasteiger partial charge is 0.255 e. The van der Waals surface area contributed by atoms with E-state index in [4.69, 9.17) is 0 Å². The molecule has 3 N–H and O–H groups in total. The third-order valence-electron chi connectivity index (χ3n) is 3.24. The van der Waals surface area contributed by atoms with Gasteiger partial charge in [0.1, 0.15) is 5.75 Å². The minimum Gasteiger partial charge on any atom is -0.507 e. The van der Waals surface area contributed by atoms with Gasteiger partial charge in [-0.3, -0.25) is 9.52 Å². The van der Waals surface area contributed by atoms with Gasteiger partial charge in [-0.25, -0.2) is 8.42 Å². The van der Waals surface area contributed by atoms with Crippen molar-refractivity contribution in [3.8, 4) is 5.75 Å². The number of hydrogen-bond acceptors (Lipinski definition) is 4. The molecule has 2 aromatic rings. The lowest BCUT2D eigenvalue weighted by Gasteiger charge is -2.16. The van der Waals surface area contributed by atoms with Crippen LogP contribution in [0, 0.1) is 0 Å². The predicted octanol–water partition coefficient (Wildman–Crippen LogP) is 3.02. The molecule has 1 amide bonds. The second-order valence-corrected chi connectivity index (χ2v) is 8.02. The molecule has 8 heteroatoms. The summed E-state index contributed by atoms with van der Waals surface area (Å²) >= 11 is 3.26. The van der Waals surface area contributed by atoms with Crippen LogP contribution in [0.3, 0.4) is 0 Å². The molecule has 1 atom stereocenters. The summed E-state index contributed by atoms with van der Waals surface area (Å²) in [6, 6.07) is 11.0. The summed E-state index contributed by atoms with van der Waals surface area (Å²) in [7, 11) is -3.37. The van der Waals surface area contributed by atoms with Gasteiger partial charge in [0.2, 0.25) is 10.0 Å². The van der Waals surface area contributed by atoms with Gasteiger partial charge >= 0.3 is 0 Å². The minimum absolute atomic E-state index is 0.115. The van der Waals surface area contributed by atoms with E-state index in [-0.39, 0.29) is 17.4 Å². The molecule has 6 nitrogen and oxygen atoms in total. The molecular formula is C16H17BrN2O4S. The lowest BCUT2D eigenvalue weighted by atomic mass is 10.1. The number of aromatic hydroxyl groups is 1. The highest BCUT2D eigenvalue weighted by atomic mass is 79.9. The Labute approximate surface area is 149 Å². The standard InChI is InChI=1S/C16H17BrN2O4S/c1-10(11-4-3-5-13(8-11)19-24(2,22)23)18-16(21)14-9-12(17)6-7-15(14)20/h3-10,19-20H,1-2H3,(H,18,21). The Balaban J connectivity index is 2.17. The third kappa shape index (κ3) is 4.97. The zero-order valence-electron chi connectivity index (χ0n) is 13.1. The number of amides is 1. The summed E-state index contributed by atoms with van der Waals surface area (Å²) in [5.41, 5.74) is 1.30. The molecule has 0 fully saturated rings. The Morgan fingerprint density at radius 3 is 2.58 bits per heavy atom. The number of carbonyl (C=O) groups is 1. The quantitative estimate of drug-likeness (QED) is 0.702. The van der Waals surface area contributed by atoms with E-state index in [9.17, 15) is 18.3 Å². The zero-order chi connectivity index (χ0) is 17.9. The van der Waals surface area contributed by atoms with Crippen LogP contribution in [-0.2, 0) is 10.0 Å². The van der Waals surface area contributed by atoms with Gasteiger partial charge in [-0.05, 0) is 42.8 Å². The zero-order valence-corrected chi connectivity index (χ0v) is 15.5. The van der Waals surface area contributed by atoms with E-state index in [1.165, 1.54) is 12.1 Å². The van der Waals surface area contributed by atoms with Crippen molar-refractivity contribution in [1.29, 1.82) is 0 Å². The lowest BCUT2D eigenvalue weighted by Crippen LogP contribution is -2.26. The number of phenolic OH excluding ortho intramolecular Hbond substituents is 1. The van der Waals surface area contributed by atoms with Crippen molar-refractivity contribution in [2.45, 2.75) is 13.0 Å². The van der Waals surface area contributed by atoms with Gasteiger partial charge in [0.25, 0.3) is 5.91 Å². The molecule has 0 saturated heterocycles. The molecular weight excluding hydrogens is 396 g/mol. The summed E-state index contributed by atoms with van der Waals surface area (Å²) in [5, 5.41) is 12.6. The molecule has 0 aliphatic heterocycles. The average molecular weight is 413 g/mol. The number of halogens is 1. The molecule has 0 saturated carbocycles. The maximum absolute atomic E-state index is 12.3. The van der Waals surface area contributed by atoms with Crippen LogP contribution in [0.2, 0.25) is 0 Å². The van der Waals surface area contributed by atoms with E-state index in [2.05, 4.69) is 26.0 Å². The Bertz CT molecular complexity index is 868. The molecule has 2 aromatic carbocycles. The third-order valence-corrected chi connectivity index (χ3v) is 4.34. The SMILES string of the molecule is CC(NC(=O)c1cc(Br)ccc1O)c1cccc(NS(C)(=O)=O)c1. The summed E-state index contributed by atoms with van der Waals surface area (Å²) < 4.78 is 25.7. The van der Waals surface area contributed by atoms with Crippen molar-refractivity contribution in [1.82, 2.24) is 5.32 Å². The second kappa shape index (κ2) is 7.23. The van der Waals surface area contributed by atoms with Crippen LogP contribution in [0.4, 0.5) is 5.69 Å². The normalized spacial score (nSPS) is 12.5. The largest absolute Gasteiger partial charge is 0.507 e. The van der Waals surface area contributed by atoms with Crippen molar-refractivity contribution in [3.05, 3.63) is 58.1 Å². The van der Waals surface area contributed by atoms with Gasteiger partial charge in [0.15, 0.2) is 0 Å². The van der Waals surface area contributed by atoms with E-state index in [0.717, 1.165) is 11.8 Å². The number of anilines is 1. The van der Waals surface area contributed by atoms with E-state index in [1.54, 1.807) is 37.3 Å². The first kappa shape index (κ1) is 18.3. The van der Waals surface area contributed by atoms with Crippen LogP contribution in [0.15, 0.2) is 46.9 Å². The minimum atomic E-state index is -3.37. The van der Waals surface area contributed by atoms with Crippen LogP contribution >= 0.6 is 15.9 Å². The van der Waals surface area contributed by atoms with Gasteiger partial charge in [0.05, 0.1) is 17.9 Å². The van der Waals surface area contributed by atoms with Crippen LogP contribution in [0.25, 0.3) is 0 Å². The number of benzene rings is 2. The first-order valence-corrected chi connectivity index (χ1v) is 9.71. The Morgan fingerprint density at radius 1 is 1.21 bits per heavy atom. The maximum atomic E-state index is 12.3. The maximum Gasteiger partial charge on any atom is 0.255 e. The highest BCUT2D eigenvalue weighted by Crippen LogP contribution is 2.23. The molecule has 0 heterocycles. The summed E-state index contributed by atoms with van der Waals surface area (Å²) in [6.07, 6.45) is 1.07. The fourth-order valence-electron chi connectivity index (χ4n) is 2.13. The van der Waals surface area contributed by atoms with Gasteiger partial charge in [-0.1, -0.05) is 28.1 Å². The van der Waals surface area contributed by atoms with Crippen molar-refractivity contribution < 1.29 is 18.3 Å². The molecule has 128 valence electrons. The predicted molar refractivity (Wildman–Crippen MR) is 96.6 cm³/mol. The highest BCUT2D eigenvalue weighted by Gasteiger charge is 2.15. The molecule has 0 radical (unpaired) electrons. The summed E-state index contributed by atoms with van der Waals surface area (Å²) in [6.45, 7) is 1.77. The van der Waals surface area contributed by atoms with Gasteiger partial charge in [-0.15, -0.1) is 0 Å². The molecule has 1 unspecified atom stereocenters. The van der Waals surface area contributed by atoms with Gasteiger partial charge < -0.3 is 10.4 Å². The highest BCUT2D eigenvalue weighted by molar-refractivity contribution is 9.10. The monoisotopic (exact) mass is 412 g/mol. The first-order valence-electron chi connectivity index (χ1n) is 7.03. The first-order chi connectivity index (χ1) is 11.2. The summed E-state index contributed by atoms with van der Waals surface area (Å²) in [4.78, 5) is 12.3. The van der Waals surface area contributed by atoms with E-state index in [1.807, 2.05) is 0 Å². The lowest BCUT2D eigenvalue weighted by molar-refractivity contribution is 0.0937. The molecule has 24 heavy (non-hydrogen) atoms. The number of carbonyl (C=O) groups excluding carboxylic acids is 1. The number of rotatable bonds is 5. The van der Waals surface area contributed by atoms with Crippen molar-refractivity contribution in [2.24, 2.45) is 0 Å². The Hall–Kier alpha value is -2.06. The van der Waals surface area contributed by atoms with Gasteiger partial charge in [-0.2, -0.15) is 0 Å². The van der Waals surface area contributed by atoms with E-state index >= 15 is 0 Å². The fraction of sp³-hybridized carbons (Fsp3) is 0.188. The van der Waals surface area contributed by atoms with Crippen LogP contribution in [-0.4, -0.2) is 25.7 Å². The fourth-order valence-corrected chi connectivity index (χ4v) is 3.05. The Morgan fingerprint density at radius 2 is 1.92 bits per heavy atom. The van der Waals surface area contributed by atoms with E-state index in [0.29, 0.717) is 10.2 Å². The summed E-state index contributed by atoms with van der Waals surface area (Å²) in [5.74, 6) is -0.543. The number of sulfonamides is 1. The topological polar surface area (TPSA) is 95.5 Å². The molecule has 2 rings (SSSR count). The van der Waals surface area contributed by atoms with Crippen molar-refractivity contribution in [3.63, 3.8) is 0 Å².